The van der Waals surface area contributed by atoms with Crippen LogP contribution < -0.4 is 5.32 Å². The van der Waals surface area contributed by atoms with Gasteiger partial charge in [0, 0.05) is 41.8 Å². The van der Waals surface area contributed by atoms with Gasteiger partial charge in [-0.2, -0.15) is 5.26 Å². The normalized spacial score (nSPS) is 15.2. The summed E-state index contributed by atoms with van der Waals surface area (Å²) in [6.45, 7) is 4.33. The van der Waals surface area contributed by atoms with E-state index in [9.17, 15) is 0 Å². The van der Waals surface area contributed by atoms with Crippen molar-refractivity contribution < 1.29 is 0 Å². The molecule has 3 heterocycles. The summed E-state index contributed by atoms with van der Waals surface area (Å²) in [5, 5.41) is 13.7. The molecule has 3 aromatic heterocycles. The zero-order chi connectivity index (χ0) is 18.8. The van der Waals surface area contributed by atoms with Crippen LogP contribution in [0.5, 0.6) is 0 Å². The van der Waals surface area contributed by atoms with Crippen LogP contribution in [0.1, 0.15) is 63.0 Å². The molecule has 1 saturated carbocycles. The standard InChI is InChI=1S/C22H25N5/c1-15(2)26-20-11-21(24-14-19(20)17-6-4-3-5-7-17)27-9-8-18-10-16(12-23)13-25-22(18)27/h8-11,13-15,17H,3-7H2,1-2H3,(H,24,26). The van der Waals surface area contributed by atoms with Crippen LogP contribution in [0, 0.1) is 11.3 Å². The molecule has 3 aromatic rings. The van der Waals surface area contributed by atoms with E-state index >= 15 is 0 Å². The Morgan fingerprint density at radius 3 is 2.70 bits per heavy atom. The molecule has 0 unspecified atom stereocenters. The Bertz CT molecular complexity index is 990. The molecule has 0 saturated heterocycles. The number of pyridine rings is 2. The fourth-order valence-corrected chi connectivity index (χ4v) is 4.03. The lowest BCUT2D eigenvalue weighted by atomic mass is 9.84. The molecule has 0 amide bonds. The van der Waals surface area contributed by atoms with Gasteiger partial charge in [0.15, 0.2) is 0 Å². The van der Waals surface area contributed by atoms with Crippen molar-refractivity contribution in [1.82, 2.24) is 14.5 Å². The first-order chi connectivity index (χ1) is 13.2. The van der Waals surface area contributed by atoms with Crippen molar-refractivity contribution in [2.75, 3.05) is 5.32 Å². The van der Waals surface area contributed by atoms with E-state index in [2.05, 4.69) is 36.3 Å². The summed E-state index contributed by atoms with van der Waals surface area (Å²) in [6.07, 6.45) is 12.1. The van der Waals surface area contributed by atoms with Crippen molar-refractivity contribution in [3.8, 4) is 11.9 Å². The molecule has 5 nitrogen and oxygen atoms in total. The maximum Gasteiger partial charge on any atom is 0.145 e. The van der Waals surface area contributed by atoms with Gasteiger partial charge in [0.1, 0.15) is 17.5 Å². The predicted molar refractivity (Wildman–Crippen MR) is 108 cm³/mol. The summed E-state index contributed by atoms with van der Waals surface area (Å²) in [6, 6.07) is 8.49. The minimum absolute atomic E-state index is 0.361. The van der Waals surface area contributed by atoms with E-state index in [-0.39, 0.29) is 0 Å². The molecule has 0 atom stereocenters. The minimum Gasteiger partial charge on any atom is -0.382 e. The first kappa shape index (κ1) is 17.5. The Morgan fingerprint density at radius 1 is 1.15 bits per heavy atom. The molecular weight excluding hydrogens is 334 g/mol. The molecule has 1 aliphatic rings. The van der Waals surface area contributed by atoms with Crippen molar-refractivity contribution in [3.05, 3.63) is 47.9 Å². The summed E-state index contributed by atoms with van der Waals surface area (Å²) in [5.41, 5.74) is 3.91. The van der Waals surface area contributed by atoms with Crippen molar-refractivity contribution in [2.24, 2.45) is 0 Å². The third kappa shape index (κ3) is 3.52. The molecular formula is C22H25N5. The lowest BCUT2D eigenvalue weighted by molar-refractivity contribution is 0.443. The number of nitrogens with zero attached hydrogens (tertiary/aromatic N) is 4. The quantitative estimate of drug-likeness (QED) is 0.699. The predicted octanol–water partition coefficient (Wildman–Crippen LogP) is 5.16. The number of rotatable bonds is 4. The maximum atomic E-state index is 9.08. The van der Waals surface area contributed by atoms with Gasteiger partial charge in [-0.15, -0.1) is 0 Å². The third-order valence-electron chi connectivity index (χ3n) is 5.31. The van der Waals surface area contributed by atoms with Crippen molar-refractivity contribution in [2.45, 2.75) is 57.9 Å². The second-order valence-electron chi connectivity index (χ2n) is 7.70. The number of nitriles is 1. The van der Waals surface area contributed by atoms with Crippen LogP contribution in [0.2, 0.25) is 0 Å². The zero-order valence-corrected chi connectivity index (χ0v) is 15.9. The Balaban J connectivity index is 1.76. The highest BCUT2D eigenvalue weighted by Gasteiger charge is 2.20. The first-order valence-electron chi connectivity index (χ1n) is 9.80. The van der Waals surface area contributed by atoms with E-state index in [1.807, 2.05) is 29.1 Å². The van der Waals surface area contributed by atoms with Crippen molar-refractivity contribution in [3.63, 3.8) is 0 Å². The van der Waals surface area contributed by atoms with Gasteiger partial charge in [0.05, 0.1) is 5.56 Å². The van der Waals surface area contributed by atoms with Crippen LogP contribution in [0.3, 0.4) is 0 Å². The molecule has 1 aliphatic carbocycles. The highest BCUT2D eigenvalue weighted by Crippen LogP contribution is 2.37. The SMILES string of the molecule is CC(C)Nc1cc(-n2ccc3cc(C#N)cnc32)ncc1C1CCCCC1. The third-order valence-corrected chi connectivity index (χ3v) is 5.31. The fraction of sp³-hybridized carbons (Fsp3) is 0.409. The average molecular weight is 359 g/mol. The number of anilines is 1. The van der Waals surface area contributed by atoms with Gasteiger partial charge in [0.25, 0.3) is 0 Å². The zero-order valence-electron chi connectivity index (χ0n) is 15.9. The van der Waals surface area contributed by atoms with Gasteiger partial charge < -0.3 is 5.32 Å². The van der Waals surface area contributed by atoms with Crippen molar-refractivity contribution >= 4 is 16.7 Å². The molecule has 5 heteroatoms. The number of hydrogen-bond acceptors (Lipinski definition) is 4. The lowest BCUT2D eigenvalue weighted by Crippen LogP contribution is -2.15. The lowest BCUT2D eigenvalue weighted by Gasteiger charge is -2.25. The summed E-state index contributed by atoms with van der Waals surface area (Å²) < 4.78 is 1.99. The second kappa shape index (κ2) is 7.40. The smallest absolute Gasteiger partial charge is 0.145 e. The molecule has 1 fully saturated rings. The van der Waals surface area contributed by atoms with Gasteiger partial charge in [-0.1, -0.05) is 19.3 Å². The van der Waals surface area contributed by atoms with E-state index in [1.165, 1.54) is 43.4 Å². The van der Waals surface area contributed by atoms with Crippen LogP contribution in [0.4, 0.5) is 5.69 Å². The van der Waals surface area contributed by atoms with Gasteiger partial charge in [-0.05, 0) is 50.3 Å². The van der Waals surface area contributed by atoms with E-state index in [4.69, 9.17) is 10.2 Å². The number of fused-ring (bicyclic) bond motifs is 1. The second-order valence-corrected chi connectivity index (χ2v) is 7.70. The Morgan fingerprint density at radius 2 is 1.96 bits per heavy atom. The highest BCUT2D eigenvalue weighted by molar-refractivity contribution is 5.79. The molecule has 1 N–H and O–H groups in total. The highest BCUT2D eigenvalue weighted by atomic mass is 15.1. The van der Waals surface area contributed by atoms with Gasteiger partial charge in [-0.3, -0.25) is 4.57 Å². The van der Waals surface area contributed by atoms with E-state index in [1.54, 1.807) is 6.20 Å². The van der Waals surface area contributed by atoms with Gasteiger partial charge in [-0.25, -0.2) is 9.97 Å². The van der Waals surface area contributed by atoms with Crippen LogP contribution in [0.25, 0.3) is 16.9 Å². The van der Waals surface area contributed by atoms with Crippen LogP contribution in [-0.4, -0.2) is 20.6 Å². The molecule has 0 spiro atoms. The average Bonchev–Trinajstić information content (AvgIpc) is 3.11. The molecule has 0 aromatic carbocycles. The van der Waals surface area contributed by atoms with Crippen LogP contribution in [0.15, 0.2) is 36.8 Å². The summed E-state index contributed by atoms with van der Waals surface area (Å²) in [4.78, 5) is 9.25. The van der Waals surface area contributed by atoms with Crippen LogP contribution >= 0.6 is 0 Å². The molecule has 0 bridgehead atoms. The van der Waals surface area contributed by atoms with Crippen molar-refractivity contribution in [1.29, 1.82) is 5.26 Å². The fourth-order valence-electron chi connectivity index (χ4n) is 4.03. The van der Waals surface area contributed by atoms with Gasteiger partial charge >= 0.3 is 0 Å². The minimum atomic E-state index is 0.361. The molecule has 0 aliphatic heterocycles. The Hall–Kier alpha value is -2.87. The molecule has 138 valence electrons. The molecule has 27 heavy (non-hydrogen) atoms. The number of aromatic nitrogens is 3. The molecule has 0 radical (unpaired) electrons. The Kier molecular flexibility index (Phi) is 4.81. The topological polar surface area (TPSA) is 66.5 Å². The Labute approximate surface area is 160 Å². The number of hydrogen-bond donors (Lipinski definition) is 1. The monoisotopic (exact) mass is 359 g/mol. The summed E-state index contributed by atoms with van der Waals surface area (Å²) in [5.74, 6) is 1.45. The van der Waals surface area contributed by atoms with E-state index in [0.717, 1.165) is 16.9 Å². The first-order valence-corrected chi connectivity index (χ1v) is 9.80. The maximum absolute atomic E-state index is 9.08. The van der Waals surface area contributed by atoms with E-state index < -0.39 is 0 Å². The van der Waals surface area contributed by atoms with Crippen LogP contribution in [-0.2, 0) is 0 Å². The van der Waals surface area contributed by atoms with Gasteiger partial charge in [0.2, 0.25) is 0 Å². The van der Waals surface area contributed by atoms with E-state index in [0.29, 0.717) is 17.5 Å². The number of nitrogens with one attached hydrogen (secondary N) is 1. The summed E-state index contributed by atoms with van der Waals surface area (Å²) >= 11 is 0. The molecule has 4 rings (SSSR count). The largest absolute Gasteiger partial charge is 0.382 e. The summed E-state index contributed by atoms with van der Waals surface area (Å²) in [7, 11) is 0.